The molecule has 5 nitrogen and oxygen atoms in total. The Hall–Kier alpha value is -3.08. The summed E-state index contributed by atoms with van der Waals surface area (Å²) in [5.74, 6) is -0.157. The number of carbonyl (C=O) groups excluding carboxylic acids is 2. The van der Waals surface area contributed by atoms with Crippen LogP contribution in [0.1, 0.15) is 47.1 Å². The van der Waals surface area contributed by atoms with Crippen LogP contribution in [-0.4, -0.2) is 33.8 Å². The van der Waals surface area contributed by atoms with E-state index in [9.17, 15) is 9.59 Å². The van der Waals surface area contributed by atoms with E-state index < -0.39 is 6.04 Å². The summed E-state index contributed by atoms with van der Waals surface area (Å²) in [4.78, 5) is 31.5. The molecule has 2 atom stereocenters. The molecule has 0 radical (unpaired) electrons. The topological polar surface area (TPSA) is 65.2 Å². The normalized spacial score (nSPS) is 20.6. The lowest BCUT2D eigenvalue weighted by Crippen LogP contribution is -2.53. The van der Waals surface area contributed by atoms with Crippen molar-refractivity contribution in [3.8, 4) is 0 Å². The number of H-pyrrole nitrogens is 1. The van der Waals surface area contributed by atoms with Gasteiger partial charge in [0, 0.05) is 34.6 Å². The van der Waals surface area contributed by atoms with E-state index in [0.717, 1.165) is 27.7 Å². The molecule has 2 aliphatic rings. The molecule has 2 amide bonds. The highest BCUT2D eigenvalue weighted by molar-refractivity contribution is 6.03. The number of fused-ring (bicyclic) bond motifs is 7. The van der Waals surface area contributed by atoms with Crippen molar-refractivity contribution in [2.24, 2.45) is 0 Å². The van der Waals surface area contributed by atoms with E-state index in [1.54, 1.807) is 4.90 Å². The fourth-order valence-corrected chi connectivity index (χ4v) is 4.52. The molecule has 0 unspecified atom stereocenters. The Bertz CT molecular complexity index is 1080. The number of hydrogen-bond acceptors (Lipinski definition) is 2. The van der Waals surface area contributed by atoms with Crippen molar-refractivity contribution in [3.05, 3.63) is 70.9 Å². The average molecular weight is 359 g/mol. The fourth-order valence-electron chi connectivity index (χ4n) is 4.52. The number of nitrogens with one attached hydrogen (secondary N) is 2. The zero-order valence-electron chi connectivity index (χ0n) is 15.3. The molecular weight excluding hydrogens is 338 g/mol. The zero-order valence-corrected chi connectivity index (χ0v) is 15.3. The van der Waals surface area contributed by atoms with E-state index in [1.165, 1.54) is 0 Å². The number of rotatable bonds is 2. The van der Waals surface area contributed by atoms with Crippen LogP contribution in [0.2, 0.25) is 0 Å². The van der Waals surface area contributed by atoms with Crippen LogP contribution in [0.25, 0.3) is 10.9 Å². The smallest absolute Gasteiger partial charge is 0.255 e. The summed E-state index contributed by atoms with van der Waals surface area (Å²) in [6.45, 7) is 3.88. The highest BCUT2D eigenvalue weighted by atomic mass is 16.2. The molecule has 0 spiro atoms. The van der Waals surface area contributed by atoms with Gasteiger partial charge >= 0.3 is 0 Å². The third-order valence-corrected chi connectivity index (χ3v) is 5.59. The van der Waals surface area contributed by atoms with Crippen LogP contribution in [0.4, 0.5) is 0 Å². The molecule has 27 heavy (non-hydrogen) atoms. The second-order valence-electron chi connectivity index (χ2n) is 7.65. The summed E-state index contributed by atoms with van der Waals surface area (Å²) in [6.07, 6.45) is 0.522. The first-order chi connectivity index (χ1) is 13.1. The summed E-state index contributed by atoms with van der Waals surface area (Å²) >= 11 is 0. The van der Waals surface area contributed by atoms with Gasteiger partial charge < -0.3 is 15.2 Å². The maximum Gasteiger partial charge on any atom is 0.255 e. The molecule has 2 aromatic carbocycles. The number of carbonyl (C=O) groups is 2. The van der Waals surface area contributed by atoms with Crippen LogP contribution >= 0.6 is 0 Å². The first-order valence-electron chi connectivity index (χ1n) is 9.37. The molecule has 2 N–H and O–H groups in total. The van der Waals surface area contributed by atoms with Gasteiger partial charge in [-0.25, -0.2) is 0 Å². The minimum Gasteiger partial charge on any atom is -0.356 e. The summed E-state index contributed by atoms with van der Waals surface area (Å²) in [7, 11) is 0. The standard InChI is InChI=1S/C22H21N3O2/c1-12(2)23-21(26)18-11-16-13-7-5-6-10-17(13)24-19(16)20-14-8-3-4-9-15(14)22(27)25(18)20/h3-10,12,18,20,24H,11H2,1-2H3,(H,23,26)/t18-,20+/m0/s1. The molecule has 0 aliphatic carbocycles. The van der Waals surface area contributed by atoms with E-state index in [0.29, 0.717) is 12.0 Å². The molecule has 5 heteroatoms. The van der Waals surface area contributed by atoms with Crippen molar-refractivity contribution in [1.29, 1.82) is 0 Å². The average Bonchev–Trinajstić information content (AvgIpc) is 3.17. The van der Waals surface area contributed by atoms with Gasteiger partial charge in [0.2, 0.25) is 5.91 Å². The molecule has 3 heterocycles. The lowest BCUT2D eigenvalue weighted by Gasteiger charge is -2.37. The number of hydrogen-bond donors (Lipinski definition) is 2. The summed E-state index contributed by atoms with van der Waals surface area (Å²) in [5.41, 5.74) is 4.88. The van der Waals surface area contributed by atoms with Crippen LogP contribution in [0.3, 0.4) is 0 Å². The second-order valence-corrected chi connectivity index (χ2v) is 7.65. The third kappa shape index (κ3) is 2.24. The summed E-state index contributed by atoms with van der Waals surface area (Å²) in [6, 6.07) is 15.1. The Kier molecular flexibility index (Phi) is 3.41. The second kappa shape index (κ2) is 5.71. The highest BCUT2D eigenvalue weighted by Gasteiger charge is 2.48. The first kappa shape index (κ1) is 16.1. The lowest BCUT2D eigenvalue weighted by molar-refractivity contribution is -0.126. The number of nitrogens with zero attached hydrogens (tertiary/aromatic N) is 1. The minimum atomic E-state index is -0.510. The van der Waals surface area contributed by atoms with Gasteiger partial charge in [0.25, 0.3) is 5.91 Å². The van der Waals surface area contributed by atoms with E-state index in [4.69, 9.17) is 0 Å². The van der Waals surface area contributed by atoms with Gasteiger partial charge in [-0.1, -0.05) is 36.4 Å². The largest absolute Gasteiger partial charge is 0.356 e. The van der Waals surface area contributed by atoms with Crippen LogP contribution in [-0.2, 0) is 11.2 Å². The number of aromatic amines is 1. The van der Waals surface area contributed by atoms with Crippen molar-refractivity contribution in [2.45, 2.75) is 38.4 Å². The van der Waals surface area contributed by atoms with Crippen LogP contribution < -0.4 is 5.32 Å². The number of para-hydroxylation sites is 1. The maximum absolute atomic E-state index is 13.2. The van der Waals surface area contributed by atoms with Gasteiger partial charge in [0.15, 0.2) is 0 Å². The molecule has 0 saturated carbocycles. The maximum atomic E-state index is 13.2. The SMILES string of the molecule is CC(C)NC(=O)[C@@H]1Cc2c([nH]c3ccccc23)[C@H]2c3ccccc3C(=O)N21. The molecular formula is C22H21N3O2. The first-order valence-corrected chi connectivity index (χ1v) is 9.37. The Labute approximate surface area is 157 Å². The monoisotopic (exact) mass is 359 g/mol. The van der Waals surface area contributed by atoms with Crippen molar-refractivity contribution in [1.82, 2.24) is 15.2 Å². The van der Waals surface area contributed by atoms with Gasteiger partial charge in [0.1, 0.15) is 6.04 Å². The molecule has 3 aromatic rings. The summed E-state index contributed by atoms with van der Waals surface area (Å²) < 4.78 is 0. The van der Waals surface area contributed by atoms with E-state index in [-0.39, 0.29) is 23.9 Å². The third-order valence-electron chi connectivity index (χ3n) is 5.59. The highest BCUT2D eigenvalue weighted by Crippen LogP contribution is 2.46. The Morgan fingerprint density at radius 3 is 2.70 bits per heavy atom. The van der Waals surface area contributed by atoms with Gasteiger partial charge in [-0.15, -0.1) is 0 Å². The summed E-state index contributed by atoms with van der Waals surface area (Å²) in [5, 5.41) is 4.13. The molecule has 2 aliphatic heterocycles. The number of benzene rings is 2. The number of aromatic nitrogens is 1. The van der Waals surface area contributed by atoms with Gasteiger partial charge in [0.05, 0.1) is 6.04 Å². The van der Waals surface area contributed by atoms with Crippen molar-refractivity contribution in [3.63, 3.8) is 0 Å². The molecule has 0 bridgehead atoms. The van der Waals surface area contributed by atoms with Crippen LogP contribution in [0, 0.1) is 0 Å². The minimum absolute atomic E-state index is 0.0281. The predicted molar refractivity (Wildman–Crippen MR) is 104 cm³/mol. The molecule has 5 rings (SSSR count). The van der Waals surface area contributed by atoms with Gasteiger partial charge in [-0.2, -0.15) is 0 Å². The van der Waals surface area contributed by atoms with Crippen molar-refractivity contribution in [2.75, 3.05) is 0 Å². The van der Waals surface area contributed by atoms with E-state index >= 15 is 0 Å². The van der Waals surface area contributed by atoms with Gasteiger partial charge in [-0.3, -0.25) is 9.59 Å². The predicted octanol–water partition coefficient (Wildman–Crippen LogP) is 3.16. The molecule has 0 saturated heterocycles. The Morgan fingerprint density at radius 1 is 1.15 bits per heavy atom. The number of amides is 2. The van der Waals surface area contributed by atoms with E-state index in [1.807, 2.05) is 56.3 Å². The Morgan fingerprint density at radius 2 is 1.89 bits per heavy atom. The van der Waals surface area contributed by atoms with Crippen LogP contribution in [0.15, 0.2) is 48.5 Å². The van der Waals surface area contributed by atoms with Crippen LogP contribution in [0.5, 0.6) is 0 Å². The lowest BCUT2D eigenvalue weighted by atomic mass is 9.90. The molecule has 0 fully saturated rings. The molecule has 1 aromatic heterocycles. The van der Waals surface area contributed by atoms with Crippen molar-refractivity contribution >= 4 is 22.7 Å². The quantitative estimate of drug-likeness (QED) is 0.738. The van der Waals surface area contributed by atoms with Gasteiger partial charge in [-0.05, 0) is 37.1 Å². The molecule has 136 valence electrons. The van der Waals surface area contributed by atoms with E-state index in [2.05, 4.69) is 16.4 Å². The fraction of sp³-hybridized carbons (Fsp3) is 0.273. The zero-order chi connectivity index (χ0) is 18.7. The van der Waals surface area contributed by atoms with Crippen molar-refractivity contribution < 1.29 is 9.59 Å². The Balaban J connectivity index is 1.73.